The first-order valence-electron chi connectivity index (χ1n) is 5.18. The SMILES string of the molecule is CC(C)C(C)N(C)C(=O)NC(CO)C(=O)O. The smallest absolute Gasteiger partial charge is 0.328 e. The first kappa shape index (κ1) is 14.7. The summed E-state index contributed by atoms with van der Waals surface area (Å²) < 4.78 is 0. The molecule has 3 N–H and O–H groups in total. The number of hydrogen-bond acceptors (Lipinski definition) is 3. The number of urea groups is 1. The van der Waals surface area contributed by atoms with Crippen molar-refractivity contribution in [3.05, 3.63) is 0 Å². The molecule has 0 aliphatic heterocycles. The van der Waals surface area contributed by atoms with Crippen molar-refractivity contribution in [1.82, 2.24) is 10.2 Å². The molecule has 2 unspecified atom stereocenters. The van der Waals surface area contributed by atoms with Gasteiger partial charge in [0.1, 0.15) is 0 Å². The number of amides is 2. The van der Waals surface area contributed by atoms with E-state index < -0.39 is 24.6 Å². The van der Waals surface area contributed by atoms with Crippen molar-refractivity contribution in [1.29, 1.82) is 0 Å². The number of carbonyl (C=O) groups is 2. The van der Waals surface area contributed by atoms with Crippen molar-refractivity contribution < 1.29 is 19.8 Å². The van der Waals surface area contributed by atoms with Gasteiger partial charge in [-0.2, -0.15) is 0 Å². The Kier molecular flexibility index (Phi) is 5.81. The van der Waals surface area contributed by atoms with E-state index in [-0.39, 0.29) is 12.0 Å². The fourth-order valence-electron chi connectivity index (χ4n) is 1.07. The van der Waals surface area contributed by atoms with E-state index in [9.17, 15) is 9.59 Å². The minimum atomic E-state index is -1.26. The summed E-state index contributed by atoms with van der Waals surface area (Å²) in [6.45, 7) is 5.19. The summed E-state index contributed by atoms with van der Waals surface area (Å²) in [5, 5.41) is 19.7. The van der Waals surface area contributed by atoms with Crippen LogP contribution in [0, 0.1) is 5.92 Å². The summed E-state index contributed by atoms with van der Waals surface area (Å²) in [6.07, 6.45) is 0. The van der Waals surface area contributed by atoms with Crippen LogP contribution in [0.1, 0.15) is 20.8 Å². The number of rotatable bonds is 5. The van der Waals surface area contributed by atoms with Crippen molar-refractivity contribution in [2.75, 3.05) is 13.7 Å². The van der Waals surface area contributed by atoms with Crippen LogP contribution in [-0.4, -0.2) is 52.9 Å². The van der Waals surface area contributed by atoms with Gasteiger partial charge in [0, 0.05) is 13.1 Å². The minimum absolute atomic E-state index is 0.00635. The monoisotopic (exact) mass is 232 g/mol. The van der Waals surface area contributed by atoms with Gasteiger partial charge in [0.25, 0.3) is 0 Å². The quantitative estimate of drug-likeness (QED) is 0.628. The van der Waals surface area contributed by atoms with E-state index in [4.69, 9.17) is 10.2 Å². The molecule has 0 saturated heterocycles. The molecule has 6 heteroatoms. The van der Waals surface area contributed by atoms with Crippen molar-refractivity contribution in [2.45, 2.75) is 32.9 Å². The highest BCUT2D eigenvalue weighted by atomic mass is 16.4. The van der Waals surface area contributed by atoms with E-state index in [1.807, 2.05) is 20.8 Å². The Hall–Kier alpha value is -1.30. The van der Waals surface area contributed by atoms with E-state index >= 15 is 0 Å². The fraction of sp³-hybridized carbons (Fsp3) is 0.800. The summed E-state index contributed by atoms with van der Waals surface area (Å²) in [5.41, 5.74) is 0. The molecule has 0 fully saturated rings. The average Bonchev–Trinajstić information content (AvgIpc) is 2.22. The number of nitrogens with zero attached hydrogens (tertiary/aromatic N) is 1. The second-order valence-electron chi connectivity index (χ2n) is 4.12. The van der Waals surface area contributed by atoms with Gasteiger partial charge in [-0.25, -0.2) is 9.59 Å². The molecule has 0 heterocycles. The molecule has 0 spiro atoms. The summed E-state index contributed by atoms with van der Waals surface area (Å²) in [5.74, 6) is -0.977. The summed E-state index contributed by atoms with van der Waals surface area (Å²) in [7, 11) is 1.59. The highest BCUT2D eigenvalue weighted by Crippen LogP contribution is 2.07. The molecule has 2 amide bonds. The van der Waals surface area contributed by atoms with Crippen LogP contribution >= 0.6 is 0 Å². The predicted octanol–water partition coefficient (Wildman–Crippen LogP) is 0.118. The molecule has 16 heavy (non-hydrogen) atoms. The molecule has 0 aliphatic carbocycles. The number of carboxylic acids is 1. The normalized spacial score (nSPS) is 14.4. The maximum atomic E-state index is 11.6. The number of carboxylic acid groups (broad SMARTS) is 1. The molecule has 0 saturated carbocycles. The molecule has 0 radical (unpaired) electrons. The predicted molar refractivity (Wildman–Crippen MR) is 59.1 cm³/mol. The van der Waals surface area contributed by atoms with Crippen LogP contribution in [0.15, 0.2) is 0 Å². The van der Waals surface area contributed by atoms with Crippen LogP contribution in [-0.2, 0) is 4.79 Å². The van der Waals surface area contributed by atoms with Crippen molar-refractivity contribution in [3.63, 3.8) is 0 Å². The van der Waals surface area contributed by atoms with E-state index in [0.717, 1.165) is 0 Å². The summed E-state index contributed by atoms with van der Waals surface area (Å²) in [6, 6.07) is -1.76. The van der Waals surface area contributed by atoms with E-state index in [1.54, 1.807) is 7.05 Å². The van der Waals surface area contributed by atoms with Gasteiger partial charge in [-0.1, -0.05) is 13.8 Å². The lowest BCUT2D eigenvalue weighted by Gasteiger charge is -2.29. The maximum absolute atomic E-state index is 11.6. The highest BCUT2D eigenvalue weighted by Gasteiger charge is 2.24. The Labute approximate surface area is 95.2 Å². The molecule has 94 valence electrons. The highest BCUT2D eigenvalue weighted by molar-refractivity contribution is 5.82. The Morgan fingerprint density at radius 1 is 1.31 bits per heavy atom. The number of hydrogen-bond donors (Lipinski definition) is 3. The Bertz CT molecular complexity index is 255. The van der Waals surface area contributed by atoms with Crippen LogP contribution in [0.5, 0.6) is 0 Å². The number of aliphatic carboxylic acids is 1. The number of aliphatic hydroxyl groups is 1. The van der Waals surface area contributed by atoms with Crippen LogP contribution in [0.4, 0.5) is 4.79 Å². The Balaban J connectivity index is 4.40. The molecule has 0 aromatic heterocycles. The molecule has 0 aromatic rings. The first-order chi connectivity index (χ1) is 7.31. The standard InChI is InChI=1S/C10H20N2O4/c1-6(2)7(3)12(4)10(16)11-8(5-13)9(14)15/h6-8,13H,5H2,1-4H3,(H,11,16)(H,14,15). The van der Waals surface area contributed by atoms with Crippen LogP contribution in [0.2, 0.25) is 0 Å². The minimum Gasteiger partial charge on any atom is -0.480 e. The molecule has 0 aromatic carbocycles. The second kappa shape index (κ2) is 6.32. The zero-order valence-corrected chi connectivity index (χ0v) is 10.1. The van der Waals surface area contributed by atoms with Gasteiger partial charge in [-0.3, -0.25) is 0 Å². The van der Waals surface area contributed by atoms with Gasteiger partial charge < -0.3 is 20.4 Å². The number of carbonyl (C=O) groups excluding carboxylic acids is 1. The number of nitrogens with one attached hydrogen (secondary N) is 1. The zero-order chi connectivity index (χ0) is 12.9. The third-order valence-corrected chi connectivity index (χ3v) is 2.67. The van der Waals surface area contributed by atoms with Gasteiger partial charge in [-0.05, 0) is 12.8 Å². The summed E-state index contributed by atoms with van der Waals surface area (Å²) >= 11 is 0. The third kappa shape index (κ3) is 4.06. The third-order valence-electron chi connectivity index (χ3n) is 2.67. The first-order valence-corrected chi connectivity index (χ1v) is 5.18. The zero-order valence-electron chi connectivity index (χ0n) is 10.1. The topological polar surface area (TPSA) is 89.9 Å². The average molecular weight is 232 g/mol. The molecule has 2 atom stereocenters. The van der Waals surface area contributed by atoms with Gasteiger partial charge >= 0.3 is 12.0 Å². The molecule has 0 aliphatic rings. The lowest BCUT2D eigenvalue weighted by Crippen LogP contribution is -2.51. The van der Waals surface area contributed by atoms with Gasteiger partial charge in [0.2, 0.25) is 0 Å². The lowest BCUT2D eigenvalue weighted by molar-refractivity contribution is -0.140. The van der Waals surface area contributed by atoms with Crippen LogP contribution in [0.25, 0.3) is 0 Å². The van der Waals surface area contributed by atoms with E-state index in [1.165, 1.54) is 4.90 Å². The van der Waals surface area contributed by atoms with Crippen LogP contribution < -0.4 is 5.32 Å². The van der Waals surface area contributed by atoms with Crippen molar-refractivity contribution in [3.8, 4) is 0 Å². The molecule has 0 bridgehead atoms. The maximum Gasteiger partial charge on any atom is 0.328 e. The van der Waals surface area contributed by atoms with E-state index in [2.05, 4.69) is 5.32 Å². The van der Waals surface area contributed by atoms with Crippen molar-refractivity contribution >= 4 is 12.0 Å². The van der Waals surface area contributed by atoms with Gasteiger partial charge in [0.05, 0.1) is 6.61 Å². The van der Waals surface area contributed by atoms with Crippen molar-refractivity contribution in [2.24, 2.45) is 5.92 Å². The lowest BCUT2D eigenvalue weighted by atomic mass is 10.1. The molecule has 0 rings (SSSR count). The van der Waals surface area contributed by atoms with Gasteiger partial charge in [0.15, 0.2) is 6.04 Å². The Morgan fingerprint density at radius 3 is 2.12 bits per heavy atom. The number of aliphatic hydroxyl groups excluding tert-OH is 1. The largest absolute Gasteiger partial charge is 0.480 e. The molecular weight excluding hydrogens is 212 g/mol. The van der Waals surface area contributed by atoms with E-state index in [0.29, 0.717) is 0 Å². The molecular formula is C10H20N2O4. The van der Waals surface area contributed by atoms with Gasteiger partial charge in [-0.15, -0.1) is 0 Å². The second-order valence-corrected chi connectivity index (χ2v) is 4.12. The Morgan fingerprint density at radius 2 is 1.81 bits per heavy atom. The van der Waals surface area contributed by atoms with Crippen LogP contribution in [0.3, 0.4) is 0 Å². The molecule has 6 nitrogen and oxygen atoms in total. The summed E-state index contributed by atoms with van der Waals surface area (Å²) in [4.78, 5) is 23.6. The fourth-order valence-corrected chi connectivity index (χ4v) is 1.07.